The number of ether oxygens (including phenoxy) is 1. The maximum Gasteiger partial charge on any atom is 0.319 e. The first-order valence-electron chi connectivity index (χ1n) is 15.5. The number of alkyl halides is 1. The van der Waals surface area contributed by atoms with Gasteiger partial charge in [0.1, 0.15) is 29.9 Å². The minimum atomic E-state index is -3.30. The van der Waals surface area contributed by atoms with Gasteiger partial charge in [-0.2, -0.15) is 9.97 Å². The van der Waals surface area contributed by atoms with Crippen molar-refractivity contribution in [2.45, 2.75) is 55.0 Å². The van der Waals surface area contributed by atoms with E-state index in [1.807, 2.05) is 4.90 Å². The van der Waals surface area contributed by atoms with Crippen molar-refractivity contribution in [3.05, 3.63) is 46.3 Å². The lowest BCUT2D eigenvalue weighted by Crippen LogP contribution is -2.60. The molecule has 8 rings (SSSR count). The molecule has 4 saturated heterocycles. The summed E-state index contributed by atoms with van der Waals surface area (Å²) in [5, 5.41) is 0.498. The lowest BCUT2D eigenvalue weighted by molar-refractivity contribution is 0.107. The van der Waals surface area contributed by atoms with E-state index in [1.165, 1.54) is 18.2 Å². The molecule has 47 heavy (non-hydrogen) atoms. The van der Waals surface area contributed by atoms with Crippen molar-refractivity contribution < 1.29 is 26.3 Å². The van der Waals surface area contributed by atoms with Crippen LogP contribution in [0, 0.1) is 18.2 Å². The number of sulfone groups is 1. The predicted molar refractivity (Wildman–Crippen MR) is 177 cm³/mol. The molecule has 0 aliphatic carbocycles. The Bertz CT molecular complexity index is 2140. The van der Waals surface area contributed by atoms with E-state index in [0.717, 1.165) is 30.7 Å². The molecule has 4 aliphatic rings. The van der Waals surface area contributed by atoms with E-state index in [-0.39, 0.29) is 72.7 Å². The van der Waals surface area contributed by atoms with Gasteiger partial charge >= 0.3 is 6.01 Å². The molecule has 2 aromatic carbocycles. The number of halogens is 4. The van der Waals surface area contributed by atoms with Crippen LogP contribution < -0.4 is 15.4 Å². The number of benzene rings is 2. The van der Waals surface area contributed by atoms with Crippen molar-refractivity contribution in [3.8, 4) is 17.1 Å². The van der Waals surface area contributed by atoms with Gasteiger partial charge in [-0.15, -0.1) is 11.3 Å². The summed E-state index contributed by atoms with van der Waals surface area (Å²) >= 11 is 7.72. The van der Waals surface area contributed by atoms with Crippen molar-refractivity contribution in [1.29, 1.82) is 0 Å². The van der Waals surface area contributed by atoms with E-state index in [4.69, 9.17) is 33.6 Å². The van der Waals surface area contributed by atoms with Crippen LogP contribution >= 0.6 is 22.9 Å². The minimum Gasteiger partial charge on any atom is -0.461 e. The second kappa shape index (κ2) is 10.8. The third-order valence-electron chi connectivity index (χ3n) is 10.6. The van der Waals surface area contributed by atoms with Gasteiger partial charge in [-0.25, -0.2) is 26.4 Å². The molecule has 1 unspecified atom stereocenters. The number of nitrogen functional groups attached to an aromatic ring is 1. The van der Waals surface area contributed by atoms with Crippen LogP contribution in [-0.4, -0.2) is 78.3 Å². The van der Waals surface area contributed by atoms with Crippen LogP contribution in [-0.2, 0) is 9.84 Å². The van der Waals surface area contributed by atoms with E-state index in [1.54, 1.807) is 0 Å². The van der Waals surface area contributed by atoms with Crippen molar-refractivity contribution in [3.63, 3.8) is 0 Å². The fraction of sp³-hybridized carbons (Fsp3) is 0.469. The summed E-state index contributed by atoms with van der Waals surface area (Å²) in [5.74, 6) is -1.01. The lowest BCUT2D eigenvalue weighted by atomic mass is 9.93. The smallest absolute Gasteiger partial charge is 0.319 e. The number of aromatic nitrogens is 2. The highest BCUT2D eigenvalue weighted by Crippen LogP contribution is 2.50. The van der Waals surface area contributed by atoms with Crippen LogP contribution in [0.3, 0.4) is 0 Å². The Morgan fingerprint density at radius 2 is 2.00 bits per heavy atom. The molecule has 4 aliphatic heterocycles. The molecule has 0 amide bonds. The molecule has 0 bridgehead atoms. The first-order chi connectivity index (χ1) is 22.5. The summed E-state index contributed by atoms with van der Waals surface area (Å²) in [7, 11) is -3.30. The Balaban J connectivity index is 1.30. The summed E-state index contributed by atoms with van der Waals surface area (Å²) in [6.07, 6.45) is 2.68. The molecule has 4 aromatic rings. The molecule has 246 valence electrons. The van der Waals surface area contributed by atoms with Gasteiger partial charge in [0.2, 0.25) is 5.69 Å². The molecule has 3 atom stereocenters. The normalized spacial score (nSPS) is 27.0. The molecule has 6 heterocycles. The standard InChI is InChI=1S/C32H30ClF3N6O3S2/c1-38-26-23-18(4-5-21(35)27(23)46-28(26)37)22-20(33)12-19-25(24(22)36)39-30(45-16-31-6-2-10-42(31)14-17(34)13-31)40-29(19)41-9-3-7-32(15-41)8-11-47(32,43)44/h4-5,12,17H,2-3,6-11,13-16,37H2/t17-,31+,32?/m1/s1. The van der Waals surface area contributed by atoms with Crippen molar-refractivity contribution >= 4 is 70.3 Å². The summed E-state index contributed by atoms with van der Waals surface area (Å²) in [5.41, 5.74) is 5.53. The van der Waals surface area contributed by atoms with Gasteiger partial charge in [0.15, 0.2) is 15.7 Å². The topological polar surface area (TPSA) is 106 Å². The molecule has 1 spiro atoms. The third kappa shape index (κ3) is 4.60. The van der Waals surface area contributed by atoms with E-state index >= 15 is 4.39 Å². The Labute approximate surface area is 278 Å². The second-order valence-electron chi connectivity index (χ2n) is 13.1. The maximum absolute atomic E-state index is 17.0. The highest BCUT2D eigenvalue weighted by molar-refractivity contribution is 7.94. The summed E-state index contributed by atoms with van der Waals surface area (Å²) in [6.45, 7) is 9.54. The largest absolute Gasteiger partial charge is 0.461 e. The summed E-state index contributed by atoms with van der Waals surface area (Å²) in [4.78, 5) is 16.7. The fourth-order valence-electron chi connectivity index (χ4n) is 8.15. The highest BCUT2D eigenvalue weighted by Gasteiger charge is 2.54. The van der Waals surface area contributed by atoms with Crippen LogP contribution in [0.1, 0.15) is 38.5 Å². The number of fused-ring (bicyclic) bond motifs is 3. The zero-order valence-electron chi connectivity index (χ0n) is 25.2. The average Bonchev–Trinajstić information content (AvgIpc) is 3.69. The number of hydrogen-bond acceptors (Lipinski definition) is 9. The molecule has 0 radical (unpaired) electrons. The second-order valence-corrected chi connectivity index (χ2v) is 17.1. The lowest BCUT2D eigenvalue weighted by Gasteiger charge is -2.48. The number of anilines is 2. The first-order valence-corrected chi connectivity index (χ1v) is 18.4. The SMILES string of the molecule is [C-]#[N+]c1c(N)sc2c(F)ccc(-c3c(Cl)cc4c(N5CCCC6(CCS6(=O)=O)C5)nc(OC[C@@]56CCCN5C[C@H](F)C6)nc4c3F)c12. The molecule has 2 N–H and O–H groups in total. The monoisotopic (exact) mass is 702 g/mol. The van der Waals surface area contributed by atoms with Gasteiger partial charge in [-0.3, -0.25) is 4.90 Å². The third-order valence-corrected chi connectivity index (χ3v) is 14.5. The molecule has 15 heteroatoms. The van der Waals surface area contributed by atoms with Crippen LogP contribution in [0.2, 0.25) is 5.02 Å². The number of rotatable bonds is 5. The van der Waals surface area contributed by atoms with Gasteiger partial charge in [0, 0.05) is 42.4 Å². The van der Waals surface area contributed by atoms with Crippen LogP contribution in [0.15, 0.2) is 18.2 Å². The Morgan fingerprint density at radius 1 is 1.19 bits per heavy atom. The molecule has 2 aromatic heterocycles. The van der Waals surface area contributed by atoms with Gasteiger partial charge in [0.25, 0.3) is 0 Å². The summed E-state index contributed by atoms with van der Waals surface area (Å²) < 4.78 is 77.6. The summed E-state index contributed by atoms with van der Waals surface area (Å²) in [6, 6.07) is 3.95. The van der Waals surface area contributed by atoms with E-state index in [9.17, 15) is 17.2 Å². The predicted octanol–water partition coefficient (Wildman–Crippen LogP) is 6.69. The average molecular weight is 703 g/mol. The van der Waals surface area contributed by atoms with Gasteiger partial charge in [-0.1, -0.05) is 17.7 Å². The highest BCUT2D eigenvalue weighted by atomic mass is 35.5. The minimum absolute atomic E-state index is 0.00545. The van der Waals surface area contributed by atoms with E-state index < -0.39 is 37.9 Å². The first kappa shape index (κ1) is 30.9. The van der Waals surface area contributed by atoms with Gasteiger partial charge in [0.05, 0.1) is 37.3 Å². The van der Waals surface area contributed by atoms with E-state index in [2.05, 4.69) is 14.7 Å². The molecular weight excluding hydrogens is 673 g/mol. The number of nitrogens with two attached hydrogens (primary N) is 1. The maximum atomic E-state index is 17.0. The molecule has 4 fully saturated rings. The Hall–Kier alpha value is -3.38. The van der Waals surface area contributed by atoms with Crippen LogP contribution in [0.5, 0.6) is 6.01 Å². The number of nitrogens with zero attached hydrogens (tertiary/aromatic N) is 5. The zero-order valence-corrected chi connectivity index (χ0v) is 27.6. The number of piperidine rings is 1. The number of hydrogen-bond donors (Lipinski definition) is 1. The van der Waals surface area contributed by atoms with Crippen LogP contribution in [0.25, 0.3) is 37.0 Å². The Morgan fingerprint density at radius 3 is 2.74 bits per heavy atom. The number of thiophene rings is 1. The van der Waals surface area contributed by atoms with E-state index in [0.29, 0.717) is 44.6 Å². The van der Waals surface area contributed by atoms with Gasteiger partial charge in [-0.05, 0) is 56.3 Å². The van der Waals surface area contributed by atoms with Crippen molar-refractivity contribution in [2.24, 2.45) is 0 Å². The molecule has 9 nitrogen and oxygen atoms in total. The van der Waals surface area contributed by atoms with Crippen molar-refractivity contribution in [1.82, 2.24) is 14.9 Å². The molecule has 0 saturated carbocycles. The van der Waals surface area contributed by atoms with Crippen molar-refractivity contribution in [2.75, 3.05) is 49.2 Å². The van der Waals surface area contributed by atoms with Crippen LogP contribution in [0.4, 0.5) is 29.7 Å². The Kier molecular flexibility index (Phi) is 7.12. The molecular formula is C32H30ClF3N6O3S2. The van der Waals surface area contributed by atoms with Gasteiger partial charge < -0.3 is 15.4 Å². The zero-order chi connectivity index (χ0) is 32.9. The quantitative estimate of drug-likeness (QED) is 0.230. The fourth-order valence-corrected chi connectivity index (χ4v) is 11.3.